The molecule has 2 rings (SSSR count). The van der Waals surface area contributed by atoms with E-state index in [2.05, 4.69) is 5.32 Å². The van der Waals surface area contributed by atoms with E-state index in [4.69, 9.17) is 5.11 Å². The molecule has 0 spiro atoms. The van der Waals surface area contributed by atoms with Gasteiger partial charge in [0, 0.05) is 25.2 Å². The van der Waals surface area contributed by atoms with Crippen molar-refractivity contribution in [2.75, 3.05) is 18.0 Å². The Balaban J connectivity index is 2.00. The molecule has 1 heterocycles. The zero-order valence-electron chi connectivity index (χ0n) is 11.8. The lowest BCUT2D eigenvalue weighted by Gasteiger charge is -2.17. The van der Waals surface area contributed by atoms with Gasteiger partial charge < -0.3 is 15.3 Å². The number of hydrogen-bond donors (Lipinski definition) is 2. The number of rotatable bonds is 4. The van der Waals surface area contributed by atoms with Gasteiger partial charge in [0.05, 0.1) is 12.0 Å². The Kier molecular flexibility index (Phi) is 4.39. The summed E-state index contributed by atoms with van der Waals surface area (Å²) < 4.78 is 0. The summed E-state index contributed by atoms with van der Waals surface area (Å²) in [5.41, 5.74) is 1.96. The predicted octanol–water partition coefficient (Wildman–Crippen LogP) is 0.845. The van der Waals surface area contributed by atoms with E-state index in [0.717, 1.165) is 11.3 Å². The molecule has 1 aliphatic heterocycles. The third-order valence-electron chi connectivity index (χ3n) is 3.41. The number of aryl methyl sites for hydroxylation is 1. The SMILES string of the molecule is Cc1ccc(N2C[C@@H](C(=O)NC[C@H](C)O)CC2=O)cc1. The third kappa shape index (κ3) is 3.36. The maximum absolute atomic E-state index is 12.0. The van der Waals surface area contributed by atoms with Gasteiger partial charge in [0.25, 0.3) is 0 Å². The number of amides is 2. The Hall–Kier alpha value is -1.88. The number of aliphatic hydroxyl groups is 1. The summed E-state index contributed by atoms with van der Waals surface area (Å²) >= 11 is 0. The molecule has 1 aliphatic rings. The number of aliphatic hydroxyl groups excluding tert-OH is 1. The molecule has 0 unspecified atom stereocenters. The topological polar surface area (TPSA) is 69.6 Å². The first kappa shape index (κ1) is 14.5. The van der Waals surface area contributed by atoms with E-state index >= 15 is 0 Å². The molecule has 0 bridgehead atoms. The average molecular weight is 276 g/mol. The highest BCUT2D eigenvalue weighted by atomic mass is 16.3. The van der Waals surface area contributed by atoms with Crippen molar-refractivity contribution < 1.29 is 14.7 Å². The van der Waals surface area contributed by atoms with Crippen LogP contribution in [0.3, 0.4) is 0 Å². The van der Waals surface area contributed by atoms with Crippen molar-refractivity contribution in [1.29, 1.82) is 0 Å². The summed E-state index contributed by atoms with van der Waals surface area (Å²) in [6.45, 7) is 4.21. The van der Waals surface area contributed by atoms with Gasteiger partial charge >= 0.3 is 0 Å². The first-order valence-electron chi connectivity index (χ1n) is 6.80. The maximum Gasteiger partial charge on any atom is 0.227 e. The van der Waals surface area contributed by atoms with E-state index in [1.807, 2.05) is 31.2 Å². The van der Waals surface area contributed by atoms with Gasteiger partial charge in [0.1, 0.15) is 0 Å². The largest absolute Gasteiger partial charge is 0.392 e. The smallest absolute Gasteiger partial charge is 0.227 e. The molecule has 108 valence electrons. The van der Waals surface area contributed by atoms with Gasteiger partial charge in [-0.15, -0.1) is 0 Å². The van der Waals surface area contributed by atoms with Crippen LogP contribution in [0.15, 0.2) is 24.3 Å². The summed E-state index contributed by atoms with van der Waals surface area (Å²) in [6.07, 6.45) is -0.358. The third-order valence-corrected chi connectivity index (χ3v) is 3.41. The number of nitrogens with one attached hydrogen (secondary N) is 1. The van der Waals surface area contributed by atoms with Crippen molar-refractivity contribution in [3.8, 4) is 0 Å². The lowest BCUT2D eigenvalue weighted by molar-refractivity contribution is -0.126. The highest BCUT2D eigenvalue weighted by Gasteiger charge is 2.34. The normalized spacial score (nSPS) is 20.1. The molecule has 2 atom stereocenters. The molecule has 0 saturated carbocycles. The summed E-state index contributed by atoms with van der Waals surface area (Å²) in [5, 5.41) is 11.8. The standard InChI is InChI=1S/C15H20N2O3/c1-10-3-5-13(6-4-10)17-9-12(7-14(17)19)15(20)16-8-11(2)18/h3-6,11-12,18H,7-9H2,1-2H3,(H,16,20)/t11-,12-/m0/s1. The first-order valence-corrected chi connectivity index (χ1v) is 6.80. The van der Waals surface area contributed by atoms with Crippen LogP contribution in [0.2, 0.25) is 0 Å². The van der Waals surface area contributed by atoms with Crippen molar-refractivity contribution >= 4 is 17.5 Å². The maximum atomic E-state index is 12.0. The van der Waals surface area contributed by atoms with Crippen LogP contribution in [-0.2, 0) is 9.59 Å². The zero-order chi connectivity index (χ0) is 14.7. The molecule has 2 N–H and O–H groups in total. The van der Waals surface area contributed by atoms with E-state index in [1.165, 1.54) is 0 Å². The Morgan fingerprint density at radius 3 is 2.70 bits per heavy atom. The van der Waals surface area contributed by atoms with Crippen LogP contribution in [0.5, 0.6) is 0 Å². The summed E-state index contributed by atoms with van der Waals surface area (Å²) in [5.74, 6) is -0.553. The molecule has 1 aromatic carbocycles. The fourth-order valence-electron chi connectivity index (χ4n) is 2.25. The Bertz CT molecular complexity index is 496. The van der Waals surface area contributed by atoms with Crippen LogP contribution in [0.4, 0.5) is 5.69 Å². The van der Waals surface area contributed by atoms with Crippen molar-refractivity contribution in [2.45, 2.75) is 26.4 Å². The van der Waals surface area contributed by atoms with Crippen molar-refractivity contribution in [3.05, 3.63) is 29.8 Å². The number of hydrogen-bond acceptors (Lipinski definition) is 3. The molecule has 2 amide bonds. The molecule has 0 radical (unpaired) electrons. The monoisotopic (exact) mass is 276 g/mol. The first-order chi connectivity index (χ1) is 9.47. The second-order valence-corrected chi connectivity index (χ2v) is 5.34. The summed E-state index contributed by atoms with van der Waals surface area (Å²) in [6, 6.07) is 7.68. The van der Waals surface area contributed by atoms with Crippen LogP contribution in [0, 0.1) is 12.8 Å². The molecule has 1 saturated heterocycles. The van der Waals surface area contributed by atoms with Gasteiger partial charge in [0.2, 0.25) is 11.8 Å². The van der Waals surface area contributed by atoms with E-state index in [1.54, 1.807) is 11.8 Å². The second kappa shape index (κ2) is 6.05. The lowest BCUT2D eigenvalue weighted by atomic mass is 10.1. The minimum absolute atomic E-state index is 0.0361. The van der Waals surface area contributed by atoms with Crippen LogP contribution in [0.25, 0.3) is 0 Å². The van der Waals surface area contributed by atoms with Crippen LogP contribution < -0.4 is 10.2 Å². The lowest BCUT2D eigenvalue weighted by Crippen LogP contribution is -2.36. The number of benzene rings is 1. The average Bonchev–Trinajstić information content (AvgIpc) is 2.79. The van der Waals surface area contributed by atoms with Gasteiger partial charge in [-0.25, -0.2) is 0 Å². The molecule has 5 heteroatoms. The Morgan fingerprint density at radius 2 is 2.10 bits per heavy atom. The Labute approximate surface area is 118 Å². The molecule has 0 aromatic heterocycles. The quantitative estimate of drug-likeness (QED) is 0.856. The van der Waals surface area contributed by atoms with Crippen LogP contribution in [-0.4, -0.2) is 36.1 Å². The number of carbonyl (C=O) groups excluding carboxylic acids is 2. The summed E-state index contributed by atoms with van der Waals surface area (Å²) in [7, 11) is 0. The molecular weight excluding hydrogens is 256 g/mol. The highest BCUT2D eigenvalue weighted by molar-refractivity contribution is 6.00. The van der Waals surface area contributed by atoms with E-state index < -0.39 is 6.10 Å². The van der Waals surface area contributed by atoms with Gasteiger partial charge in [-0.3, -0.25) is 9.59 Å². The van der Waals surface area contributed by atoms with Gasteiger partial charge in [-0.1, -0.05) is 17.7 Å². The predicted molar refractivity (Wildman–Crippen MR) is 76.3 cm³/mol. The van der Waals surface area contributed by atoms with Gasteiger partial charge in [-0.05, 0) is 26.0 Å². The van der Waals surface area contributed by atoms with Crippen molar-refractivity contribution in [2.24, 2.45) is 5.92 Å². The van der Waals surface area contributed by atoms with Crippen LogP contribution in [0.1, 0.15) is 18.9 Å². The fourth-order valence-corrected chi connectivity index (χ4v) is 2.25. The van der Waals surface area contributed by atoms with Crippen molar-refractivity contribution in [1.82, 2.24) is 5.32 Å². The minimum Gasteiger partial charge on any atom is -0.392 e. The van der Waals surface area contributed by atoms with Gasteiger partial charge in [-0.2, -0.15) is 0 Å². The highest BCUT2D eigenvalue weighted by Crippen LogP contribution is 2.25. The van der Waals surface area contributed by atoms with E-state index in [-0.39, 0.29) is 30.7 Å². The van der Waals surface area contributed by atoms with Crippen LogP contribution >= 0.6 is 0 Å². The molecule has 5 nitrogen and oxygen atoms in total. The zero-order valence-corrected chi connectivity index (χ0v) is 11.8. The molecule has 1 aromatic rings. The number of anilines is 1. The number of nitrogens with zero attached hydrogens (tertiary/aromatic N) is 1. The second-order valence-electron chi connectivity index (χ2n) is 5.34. The molecule has 20 heavy (non-hydrogen) atoms. The molecule has 0 aliphatic carbocycles. The fraction of sp³-hybridized carbons (Fsp3) is 0.467. The summed E-state index contributed by atoms with van der Waals surface area (Å²) in [4.78, 5) is 25.6. The van der Waals surface area contributed by atoms with E-state index in [9.17, 15) is 9.59 Å². The number of carbonyl (C=O) groups is 2. The van der Waals surface area contributed by atoms with Gasteiger partial charge in [0.15, 0.2) is 0 Å². The molecule has 1 fully saturated rings. The minimum atomic E-state index is -0.579. The van der Waals surface area contributed by atoms with E-state index in [0.29, 0.717) is 6.54 Å². The Morgan fingerprint density at radius 1 is 1.45 bits per heavy atom. The molecular formula is C15H20N2O3. The van der Waals surface area contributed by atoms with Crippen molar-refractivity contribution in [3.63, 3.8) is 0 Å².